The van der Waals surface area contributed by atoms with Crippen LogP contribution in [0.4, 0.5) is 0 Å². The second-order valence-corrected chi connectivity index (χ2v) is 9.85. The van der Waals surface area contributed by atoms with Crippen molar-refractivity contribution in [1.29, 1.82) is 0 Å². The van der Waals surface area contributed by atoms with E-state index in [0.717, 1.165) is 11.1 Å². The lowest BCUT2D eigenvalue weighted by molar-refractivity contribution is -0.132. The molecule has 0 bridgehead atoms. The minimum atomic E-state index is -0.187. The fourth-order valence-corrected chi connectivity index (χ4v) is 6.65. The van der Waals surface area contributed by atoms with Crippen LogP contribution in [0.15, 0.2) is 36.4 Å². The predicted molar refractivity (Wildman–Crippen MR) is 133 cm³/mol. The number of rotatable bonds is 9. The smallest absolute Gasteiger partial charge is 0.233 e. The summed E-state index contributed by atoms with van der Waals surface area (Å²) in [7, 11) is 6.43. The summed E-state index contributed by atoms with van der Waals surface area (Å²) in [6.07, 6.45) is 0. The number of hydrogen-bond acceptors (Lipinski definition) is 8. The summed E-state index contributed by atoms with van der Waals surface area (Å²) >= 11 is 3.12. The molecule has 8 nitrogen and oxygen atoms in total. The predicted octanol–water partition coefficient (Wildman–Crippen LogP) is 3.57. The van der Waals surface area contributed by atoms with E-state index in [2.05, 4.69) is 0 Å². The summed E-state index contributed by atoms with van der Waals surface area (Å²) in [6, 6.07) is 11.2. The second-order valence-electron chi connectivity index (χ2n) is 7.72. The SMILES string of the molecule is COc1ccc([C@@H]2SCC(=O)N2CCN2C(=O)CS[C@H]2c2ccc(OC)cc2OC)c(OC)c1. The minimum Gasteiger partial charge on any atom is -0.497 e. The molecular weight excluding hydrogens is 476 g/mol. The van der Waals surface area contributed by atoms with Crippen LogP contribution in [0.25, 0.3) is 0 Å². The van der Waals surface area contributed by atoms with Crippen molar-refractivity contribution in [3.63, 3.8) is 0 Å². The van der Waals surface area contributed by atoms with Crippen molar-refractivity contribution in [2.75, 3.05) is 53.0 Å². The molecule has 2 aliphatic rings. The number of hydrogen-bond donors (Lipinski definition) is 0. The summed E-state index contributed by atoms with van der Waals surface area (Å²) < 4.78 is 21.8. The third-order valence-corrected chi connectivity index (χ3v) is 8.41. The number of methoxy groups -OCH3 is 4. The summed E-state index contributed by atoms with van der Waals surface area (Å²) in [5.74, 6) is 3.60. The molecule has 182 valence electrons. The Labute approximate surface area is 207 Å². The van der Waals surface area contributed by atoms with Crippen molar-refractivity contribution in [1.82, 2.24) is 9.80 Å². The van der Waals surface area contributed by atoms with Gasteiger partial charge in [0.1, 0.15) is 33.7 Å². The molecule has 2 heterocycles. The van der Waals surface area contributed by atoms with E-state index in [1.807, 2.05) is 46.2 Å². The van der Waals surface area contributed by atoms with Gasteiger partial charge in [-0.3, -0.25) is 9.59 Å². The van der Waals surface area contributed by atoms with Gasteiger partial charge < -0.3 is 28.7 Å². The third kappa shape index (κ3) is 4.74. The zero-order valence-corrected chi connectivity index (χ0v) is 21.2. The molecule has 10 heteroatoms. The molecule has 4 rings (SSSR count). The lowest BCUT2D eigenvalue weighted by Crippen LogP contribution is -2.39. The Bertz CT molecular complexity index is 982. The van der Waals surface area contributed by atoms with Crippen LogP contribution in [-0.2, 0) is 9.59 Å². The number of thioether (sulfide) groups is 2. The maximum Gasteiger partial charge on any atom is 0.233 e. The normalized spacial score (nSPS) is 20.1. The molecule has 2 amide bonds. The molecule has 2 aliphatic heterocycles. The fraction of sp³-hybridized carbons (Fsp3) is 0.417. The van der Waals surface area contributed by atoms with Gasteiger partial charge in [-0.1, -0.05) is 0 Å². The van der Waals surface area contributed by atoms with Crippen molar-refractivity contribution in [2.24, 2.45) is 0 Å². The first kappa shape index (κ1) is 24.4. The van der Waals surface area contributed by atoms with E-state index >= 15 is 0 Å². The van der Waals surface area contributed by atoms with Gasteiger partial charge in [0.15, 0.2) is 0 Å². The molecule has 0 saturated carbocycles. The first-order chi connectivity index (χ1) is 16.5. The van der Waals surface area contributed by atoms with Crippen LogP contribution in [0.3, 0.4) is 0 Å². The Balaban J connectivity index is 1.54. The highest BCUT2D eigenvalue weighted by molar-refractivity contribution is 8.00. The zero-order chi connectivity index (χ0) is 24.2. The van der Waals surface area contributed by atoms with Crippen LogP contribution in [0.5, 0.6) is 23.0 Å². The van der Waals surface area contributed by atoms with E-state index in [-0.39, 0.29) is 22.6 Å². The quantitative estimate of drug-likeness (QED) is 0.513. The molecule has 0 N–H and O–H groups in total. The van der Waals surface area contributed by atoms with Crippen molar-refractivity contribution in [3.8, 4) is 23.0 Å². The number of carbonyl (C=O) groups excluding carboxylic acids is 2. The van der Waals surface area contributed by atoms with E-state index in [4.69, 9.17) is 18.9 Å². The largest absolute Gasteiger partial charge is 0.497 e. The molecule has 2 atom stereocenters. The maximum absolute atomic E-state index is 12.8. The minimum absolute atomic E-state index is 0.0470. The lowest BCUT2D eigenvalue weighted by Gasteiger charge is -2.30. The first-order valence-electron chi connectivity index (χ1n) is 10.8. The summed E-state index contributed by atoms with van der Waals surface area (Å²) in [4.78, 5) is 29.2. The van der Waals surface area contributed by atoms with Crippen LogP contribution in [0.1, 0.15) is 21.9 Å². The van der Waals surface area contributed by atoms with Crippen LogP contribution < -0.4 is 18.9 Å². The summed E-state index contributed by atoms with van der Waals surface area (Å²) in [5, 5.41) is -0.375. The average Bonchev–Trinajstić information content (AvgIpc) is 3.43. The Morgan fingerprint density at radius 3 is 1.47 bits per heavy atom. The third-order valence-electron chi connectivity index (χ3n) is 5.93. The van der Waals surface area contributed by atoms with Crippen LogP contribution in [0.2, 0.25) is 0 Å². The van der Waals surface area contributed by atoms with Crippen molar-refractivity contribution in [3.05, 3.63) is 47.5 Å². The standard InChI is InChI=1S/C24H28N2O6S2/c1-29-15-5-7-17(19(11-15)31-3)23-25(21(27)13-33-23)9-10-26-22(28)14-34-24(26)18-8-6-16(30-2)12-20(18)32-4/h5-8,11-12,23-24H,9-10,13-14H2,1-4H3/t23-,24-/m0/s1. The monoisotopic (exact) mass is 504 g/mol. The van der Waals surface area contributed by atoms with Crippen LogP contribution in [-0.4, -0.2) is 74.6 Å². The molecule has 0 radical (unpaired) electrons. The Hall–Kier alpha value is -2.72. The van der Waals surface area contributed by atoms with Crippen LogP contribution in [0, 0.1) is 0 Å². The van der Waals surface area contributed by atoms with Gasteiger partial charge in [-0.05, 0) is 24.3 Å². The van der Waals surface area contributed by atoms with Gasteiger partial charge in [0.05, 0.1) is 39.9 Å². The molecule has 0 unspecified atom stereocenters. The molecule has 2 fully saturated rings. The van der Waals surface area contributed by atoms with Crippen molar-refractivity contribution >= 4 is 35.3 Å². The molecule has 2 aromatic carbocycles. The number of benzene rings is 2. The van der Waals surface area contributed by atoms with Gasteiger partial charge in [-0.15, -0.1) is 23.5 Å². The van der Waals surface area contributed by atoms with Gasteiger partial charge in [0.25, 0.3) is 0 Å². The number of nitrogens with zero attached hydrogens (tertiary/aromatic N) is 2. The number of ether oxygens (including phenoxy) is 4. The first-order valence-corrected chi connectivity index (χ1v) is 12.9. The molecule has 0 aromatic heterocycles. The Morgan fingerprint density at radius 2 is 1.12 bits per heavy atom. The Morgan fingerprint density at radius 1 is 0.706 bits per heavy atom. The highest BCUT2D eigenvalue weighted by Gasteiger charge is 2.38. The molecular formula is C24H28N2O6S2. The van der Waals surface area contributed by atoms with Crippen LogP contribution >= 0.6 is 23.5 Å². The fourth-order valence-electron chi connectivity index (χ4n) is 4.17. The van der Waals surface area contributed by atoms with Gasteiger partial charge in [-0.25, -0.2) is 0 Å². The van der Waals surface area contributed by atoms with E-state index < -0.39 is 0 Å². The van der Waals surface area contributed by atoms with Gasteiger partial charge in [0.2, 0.25) is 11.8 Å². The summed E-state index contributed by atoms with van der Waals surface area (Å²) in [6.45, 7) is 0.847. The van der Waals surface area contributed by atoms with E-state index in [1.165, 1.54) is 0 Å². The Kier molecular flexibility index (Phi) is 7.67. The second kappa shape index (κ2) is 10.7. The molecule has 2 aromatic rings. The molecule has 0 spiro atoms. The highest BCUT2D eigenvalue weighted by Crippen LogP contribution is 2.45. The van der Waals surface area contributed by atoms with E-state index in [0.29, 0.717) is 47.6 Å². The number of amides is 2. The zero-order valence-electron chi connectivity index (χ0n) is 19.6. The number of carbonyl (C=O) groups is 2. The topological polar surface area (TPSA) is 77.5 Å². The van der Waals surface area contributed by atoms with Gasteiger partial charge in [0, 0.05) is 36.3 Å². The molecule has 2 saturated heterocycles. The molecule has 0 aliphatic carbocycles. The lowest BCUT2D eigenvalue weighted by atomic mass is 10.1. The van der Waals surface area contributed by atoms with Gasteiger partial charge >= 0.3 is 0 Å². The highest BCUT2D eigenvalue weighted by atomic mass is 32.2. The maximum atomic E-state index is 12.8. The van der Waals surface area contributed by atoms with Crippen molar-refractivity contribution in [2.45, 2.75) is 10.7 Å². The van der Waals surface area contributed by atoms with Gasteiger partial charge in [-0.2, -0.15) is 0 Å². The summed E-state index contributed by atoms with van der Waals surface area (Å²) in [5.41, 5.74) is 1.82. The van der Waals surface area contributed by atoms with Crippen molar-refractivity contribution < 1.29 is 28.5 Å². The van der Waals surface area contributed by atoms with E-state index in [9.17, 15) is 9.59 Å². The molecule has 34 heavy (non-hydrogen) atoms. The average molecular weight is 505 g/mol. The van der Waals surface area contributed by atoms with E-state index in [1.54, 1.807) is 52.0 Å².